The number of rotatable bonds is 0. The van der Waals surface area contributed by atoms with Gasteiger partial charge in [0.2, 0.25) is 0 Å². The third-order valence-corrected chi connectivity index (χ3v) is 3.33. The van der Waals surface area contributed by atoms with E-state index in [0.717, 1.165) is 26.1 Å². The van der Waals surface area contributed by atoms with Crippen LogP contribution in [0.3, 0.4) is 0 Å². The van der Waals surface area contributed by atoms with Crippen LogP contribution in [0.25, 0.3) is 0 Å². The van der Waals surface area contributed by atoms with Crippen LogP contribution in [-0.4, -0.2) is 31.2 Å². The zero-order valence-electron chi connectivity index (χ0n) is 7.83. The Balaban J connectivity index is 1.73. The highest BCUT2D eigenvalue weighted by molar-refractivity contribution is 4.90. The molecule has 2 saturated heterocycles. The predicted molar refractivity (Wildman–Crippen MR) is 46.4 cm³/mol. The molecule has 0 aromatic rings. The van der Waals surface area contributed by atoms with Gasteiger partial charge in [-0.2, -0.15) is 0 Å². The molecule has 3 rings (SSSR count). The van der Waals surface area contributed by atoms with E-state index < -0.39 is 0 Å². The van der Waals surface area contributed by atoms with Crippen molar-refractivity contribution in [2.75, 3.05) is 13.2 Å². The van der Waals surface area contributed by atoms with Crippen molar-refractivity contribution in [3.63, 3.8) is 0 Å². The highest BCUT2D eigenvalue weighted by Crippen LogP contribution is 2.41. The third-order valence-electron chi connectivity index (χ3n) is 3.33. The van der Waals surface area contributed by atoms with E-state index in [0.29, 0.717) is 0 Å². The largest absolute Gasteiger partial charge is 0.376 e. The van der Waals surface area contributed by atoms with Gasteiger partial charge >= 0.3 is 0 Å². The SMILES string of the molecule is C1CCC2(CC1)O[C@H]1COC[C@H]1O2. The summed E-state index contributed by atoms with van der Waals surface area (Å²) in [7, 11) is 0. The maximum absolute atomic E-state index is 5.97. The Labute approximate surface area is 78.3 Å². The quantitative estimate of drug-likeness (QED) is 0.570. The average molecular weight is 184 g/mol. The van der Waals surface area contributed by atoms with Crippen LogP contribution >= 0.6 is 0 Å². The highest BCUT2D eigenvalue weighted by Gasteiger charge is 2.50. The maximum Gasteiger partial charge on any atom is 0.169 e. The second-order valence-corrected chi connectivity index (χ2v) is 4.32. The van der Waals surface area contributed by atoms with Crippen LogP contribution in [-0.2, 0) is 14.2 Å². The fraction of sp³-hybridized carbons (Fsp3) is 1.00. The van der Waals surface area contributed by atoms with Crippen molar-refractivity contribution in [3.8, 4) is 0 Å². The zero-order chi connectivity index (χ0) is 8.73. The second kappa shape index (κ2) is 2.94. The summed E-state index contributed by atoms with van der Waals surface area (Å²) in [5, 5.41) is 0. The lowest BCUT2D eigenvalue weighted by atomic mass is 9.94. The van der Waals surface area contributed by atoms with E-state index in [4.69, 9.17) is 14.2 Å². The summed E-state index contributed by atoms with van der Waals surface area (Å²) in [5.41, 5.74) is 0. The smallest absolute Gasteiger partial charge is 0.169 e. The van der Waals surface area contributed by atoms with Gasteiger partial charge in [-0.25, -0.2) is 0 Å². The van der Waals surface area contributed by atoms with E-state index in [9.17, 15) is 0 Å². The Kier molecular flexibility index (Phi) is 1.86. The van der Waals surface area contributed by atoms with Gasteiger partial charge in [-0.15, -0.1) is 0 Å². The lowest BCUT2D eigenvalue weighted by Crippen LogP contribution is -2.34. The summed E-state index contributed by atoms with van der Waals surface area (Å²) >= 11 is 0. The summed E-state index contributed by atoms with van der Waals surface area (Å²) < 4.78 is 17.2. The normalized spacial score (nSPS) is 42.5. The van der Waals surface area contributed by atoms with E-state index in [2.05, 4.69) is 0 Å². The maximum atomic E-state index is 5.97. The van der Waals surface area contributed by atoms with Crippen molar-refractivity contribution in [2.45, 2.75) is 50.1 Å². The van der Waals surface area contributed by atoms with Crippen LogP contribution in [0.1, 0.15) is 32.1 Å². The average Bonchev–Trinajstić information content (AvgIpc) is 2.64. The van der Waals surface area contributed by atoms with Gasteiger partial charge < -0.3 is 14.2 Å². The summed E-state index contributed by atoms with van der Waals surface area (Å²) in [4.78, 5) is 0. The number of hydrogen-bond acceptors (Lipinski definition) is 3. The molecule has 13 heavy (non-hydrogen) atoms. The predicted octanol–water partition coefficient (Wildman–Crippen LogP) is 1.46. The number of ether oxygens (including phenoxy) is 3. The molecule has 0 amide bonds. The first-order chi connectivity index (χ1) is 6.38. The number of hydrogen-bond donors (Lipinski definition) is 0. The first kappa shape index (κ1) is 8.21. The molecular formula is C10H16O3. The van der Waals surface area contributed by atoms with Crippen molar-refractivity contribution in [2.24, 2.45) is 0 Å². The summed E-state index contributed by atoms with van der Waals surface area (Å²) in [6.07, 6.45) is 6.44. The molecule has 3 fully saturated rings. The van der Waals surface area contributed by atoms with Gasteiger partial charge in [0.1, 0.15) is 12.2 Å². The molecule has 0 unspecified atom stereocenters. The molecule has 0 radical (unpaired) electrons. The first-order valence-corrected chi connectivity index (χ1v) is 5.31. The molecule has 0 bridgehead atoms. The van der Waals surface area contributed by atoms with E-state index in [1.54, 1.807) is 0 Å². The van der Waals surface area contributed by atoms with Gasteiger partial charge in [-0.05, 0) is 12.8 Å². The highest BCUT2D eigenvalue weighted by atomic mass is 16.8. The van der Waals surface area contributed by atoms with Crippen molar-refractivity contribution in [1.29, 1.82) is 0 Å². The Morgan fingerprint density at radius 2 is 1.46 bits per heavy atom. The second-order valence-electron chi connectivity index (χ2n) is 4.32. The minimum atomic E-state index is -0.211. The van der Waals surface area contributed by atoms with Crippen molar-refractivity contribution in [3.05, 3.63) is 0 Å². The van der Waals surface area contributed by atoms with Crippen LogP contribution in [0.4, 0.5) is 0 Å². The molecule has 1 saturated carbocycles. The van der Waals surface area contributed by atoms with Crippen molar-refractivity contribution >= 4 is 0 Å². The van der Waals surface area contributed by atoms with Crippen LogP contribution in [0.15, 0.2) is 0 Å². The summed E-state index contributed by atoms with van der Waals surface area (Å²) in [5.74, 6) is -0.211. The van der Waals surface area contributed by atoms with Gasteiger partial charge in [-0.3, -0.25) is 0 Å². The lowest BCUT2D eigenvalue weighted by molar-refractivity contribution is -0.207. The molecule has 74 valence electrons. The fourth-order valence-corrected chi connectivity index (χ4v) is 2.64. The molecule has 2 heterocycles. The van der Waals surface area contributed by atoms with Crippen molar-refractivity contribution in [1.82, 2.24) is 0 Å². The molecule has 1 spiro atoms. The van der Waals surface area contributed by atoms with E-state index >= 15 is 0 Å². The van der Waals surface area contributed by atoms with Crippen LogP contribution in [0.2, 0.25) is 0 Å². The van der Waals surface area contributed by atoms with Crippen LogP contribution in [0, 0.1) is 0 Å². The Morgan fingerprint density at radius 3 is 2.08 bits per heavy atom. The zero-order valence-corrected chi connectivity index (χ0v) is 7.83. The number of fused-ring (bicyclic) bond motifs is 1. The molecule has 3 aliphatic rings. The van der Waals surface area contributed by atoms with E-state index in [1.807, 2.05) is 0 Å². The first-order valence-electron chi connectivity index (χ1n) is 5.31. The fourth-order valence-electron chi connectivity index (χ4n) is 2.64. The molecule has 3 nitrogen and oxygen atoms in total. The molecule has 0 aromatic heterocycles. The van der Waals surface area contributed by atoms with Gasteiger partial charge in [0, 0.05) is 12.8 Å². The molecule has 2 atom stereocenters. The van der Waals surface area contributed by atoms with E-state index in [-0.39, 0.29) is 18.0 Å². The molecule has 0 N–H and O–H groups in total. The molecule has 3 heteroatoms. The van der Waals surface area contributed by atoms with Gasteiger partial charge in [0.25, 0.3) is 0 Å². The minimum absolute atomic E-state index is 0.211. The minimum Gasteiger partial charge on any atom is -0.376 e. The molecule has 2 aliphatic heterocycles. The summed E-state index contributed by atoms with van der Waals surface area (Å²) in [6.45, 7) is 1.46. The molecule has 1 aliphatic carbocycles. The lowest BCUT2D eigenvalue weighted by Gasteiger charge is -2.32. The standard InChI is InChI=1S/C10H16O3/c1-2-4-10(5-3-1)12-8-6-11-7-9(8)13-10/h8-9H,1-7H2/t8-,9+. The Hall–Kier alpha value is -0.120. The van der Waals surface area contributed by atoms with Crippen molar-refractivity contribution < 1.29 is 14.2 Å². The van der Waals surface area contributed by atoms with Gasteiger partial charge in [0.05, 0.1) is 13.2 Å². The van der Waals surface area contributed by atoms with Gasteiger partial charge in [-0.1, -0.05) is 6.42 Å². The van der Waals surface area contributed by atoms with Crippen LogP contribution in [0.5, 0.6) is 0 Å². The third kappa shape index (κ3) is 1.30. The topological polar surface area (TPSA) is 27.7 Å². The molecule has 0 aromatic carbocycles. The Morgan fingerprint density at radius 1 is 0.846 bits per heavy atom. The van der Waals surface area contributed by atoms with Gasteiger partial charge in [0.15, 0.2) is 5.79 Å². The summed E-state index contributed by atoms with van der Waals surface area (Å²) in [6, 6.07) is 0. The Bertz CT molecular complexity index is 184. The van der Waals surface area contributed by atoms with E-state index in [1.165, 1.54) is 19.3 Å². The monoisotopic (exact) mass is 184 g/mol. The molecular weight excluding hydrogens is 168 g/mol. The van der Waals surface area contributed by atoms with Crippen LogP contribution < -0.4 is 0 Å².